The third-order valence-corrected chi connectivity index (χ3v) is 7.65. The van der Waals surface area contributed by atoms with E-state index in [1.807, 2.05) is 29.6 Å². The Morgan fingerprint density at radius 1 is 1.12 bits per heavy atom. The van der Waals surface area contributed by atoms with E-state index in [0.29, 0.717) is 23.5 Å². The number of aromatic amines is 1. The Labute approximate surface area is 205 Å². The molecule has 1 atom stereocenters. The van der Waals surface area contributed by atoms with Gasteiger partial charge in [0.1, 0.15) is 22.2 Å². The molecule has 1 N–H and O–H groups in total. The first-order valence-electron chi connectivity index (χ1n) is 11.0. The number of benzene rings is 1. The van der Waals surface area contributed by atoms with Gasteiger partial charge in [0.15, 0.2) is 0 Å². The van der Waals surface area contributed by atoms with Crippen LogP contribution < -0.4 is 10.3 Å². The second-order valence-corrected chi connectivity index (χ2v) is 10.1. The Morgan fingerprint density at radius 3 is 2.68 bits per heavy atom. The Bertz CT molecular complexity index is 1400. The quantitative estimate of drug-likeness (QED) is 0.276. The first-order valence-corrected chi connectivity index (χ1v) is 12.8. The molecule has 1 aromatic carbocycles. The highest BCUT2D eigenvalue weighted by Crippen LogP contribution is 2.31. The first-order chi connectivity index (χ1) is 16.6. The number of H-pyrrole nitrogens is 1. The summed E-state index contributed by atoms with van der Waals surface area (Å²) in [5, 5.41) is 4.62. The Kier molecular flexibility index (Phi) is 6.62. The van der Waals surface area contributed by atoms with Gasteiger partial charge >= 0.3 is 0 Å². The summed E-state index contributed by atoms with van der Waals surface area (Å²) in [7, 11) is 1.67. The van der Waals surface area contributed by atoms with Gasteiger partial charge in [0.25, 0.3) is 5.56 Å². The number of fused-ring (bicyclic) bond motifs is 1. The van der Waals surface area contributed by atoms with Gasteiger partial charge in [-0.15, -0.1) is 22.7 Å². The third-order valence-electron chi connectivity index (χ3n) is 5.88. The van der Waals surface area contributed by atoms with E-state index >= 15 is 0 Å². The van der Waals surface area contributed by atoms with Crippen molar-refractivity contribution < 1.29 is 9.15 Å². The van der Waals surface area contributed by atoms with Crippen LogP contribution in [0.4, 0.5) is 0 Å². The average molecular weight is 492 g/mol. The molecule has 0 amide bonds. The first kappa shape index (κ1) is 22.6. The van der Waals surface area contributed by atoms with Crippen LogP contribution in [-0.4, -0.2) is 28.0 Å². The van der Waals surface area contributed by atoms with E-state index in [-0.39, 0.29) is 11.6 Å². The van der Waals surface area contributed by atoms with Crippen molar-refractivity contribution in [1.29, 1.82) is 0 Å². The largest absolute Gasteiger partial charge is 0.497 e. The predicted molar refractivity (Wildman–Crippen MR) is 138 cm³/mol. The van der Waals surface area contributed by atoms with Crippen LogP contribution in [-0.2, 0) is 19.5 Å². The molecule has 6 nitrogen and oxygen atoms in total. The number of nitrogens with one attached hydrogen (secondary N) is 1. The molecule has 0 saturated carbocycles. The lowest BCUT2D eigenvalue weighted by Gasteiger charge is -2.28. The lowest BCUT2D eigenvalue weighted by molar-refractivity contribution is 0.185. The molecule has 1 unspecified atom stereocenters. The van der Waals surface area contributed by atoms with Gasteiger partial charge in [-0.2, -0.15) is 0 Å². The number of nitrogens with zero attached hydrogens (tertiary/aromatic N) is 2. The van der Waals surface area contributed by atoms with Gasteiger partial charge in [0, 0.05) is 28.4 Å². The minimum atomic E-state index is -0.136. The van der Waals surface area contributed by atoms with Crippen molar-refractivity contribution in [3.8, 4) is 17.1 Å². The fourth-order valence-electron chi connectivity index (χ4n) is 4.06. The smallest absolute Gasteiger partial charge is 0.260 e. The van der Waals surface area contributed by atoms with Gasteiger partial charge < -0.3 is 14.1 Å². The van der Waals surface area contributed by atoms with Crippen LogP contribution in [0.1, 0.15) is 23.2 Å². The number of rotatable bonds is 9. The van der Waals surface area contributed by atoms with Crippen LogP contribution in [0.5, 0.6) is 5.75 Å². The van der Waals surface area contributed by atoms with Crippen molar-refractivity contribution in [3.63, 3.8) is 0 Å². The molecule has 0 radical (unpaired) electrons. The maximum atomic E-state index is 13.1. The summed E-state index contributed by atoms with van der Waals surface area (Å²) in [6.07, 6.45) is 2.54. The lowest BCUT2D eigenvalue weighted by Crippen LogP contribution is -2.34. The van der Waals surface area contributed by atoms with E-state index in [9.17, 15) is 4.79 Å². The monoisotopic (exact) mass is 491 g/mol. The van der Waals surface area contributed by atoms with Gasteiger partial charge in [0.05, 0.1) is 25.3 Å². The summed E-state index contributed by atoms with van der Waals surface area (Å²) in [5.41, 5.74) is 1.83. The number of thiophene rings is 2. The van der Waals surface area contributed by atoms with Crippen molar-refractivity contribution in [3.05, 3.63) is 92.2 Å². The van der Waals surface area contributed by atoms with Gasteiger partial charge in [-0.25, -0.2) is 4.98 Å². The van der Waals surface area contributed by atoms with Crippen molar-refractivity contribution in [2.75, 3.05) is 7.11 Å². The highest BCUT2D eigenvalue weighted by Gasteiger charge is 2.20. The van der Waals surface area contributed by atoms with Crippen molar-refractivity contribution in [2.24, 2.45) is 0 Å². The zero-order valence-electron chi connectivity index (χ0n) is 19.0. The molecule has 0 bridgehead atoms. The van der Waals surface area contributed by atoms with Gasteiger partial charge in [-0.1, -0.05) is 18.2 Å². The molecule has 8 heteroatoms. The molecular weight excluding hydrogens is 466 g/mol. The molecule has 34 heavy (non-hydrogen) atoms. The van der Waals surface area contributed by atoms with E-state index in [0.717, 1.165) is 29.1 Å². The molecule has 0 aliphatic rings. The van der Waals surface area contributed by atoms with Gasteiger partial charge in [-0.05, 0) is 54.6 Å². The SMILES string of the molecule is COc1ccc(CN(Cc2nc3scc(-c4ccco4)c3c(=O)[nH]2)C(C)Cc2cccs2)cc1. The fourth-order valence-corrected chi connectivity index (χ4v) is 5.83. The van der Waals surface area contributed by atoms with Gasteiger partial charge in [-0.3, -0.25) is 9.69 Å². The van der Waals surface area contributed by atoms with E-state index in [4.69, 9.17) is 14.1 Å². The fraction of sp³-hybridized carbons (Fsp3) is 0.231. The number of furan rings is 1. The summed E-state index contributed by atoms with van der Waals surface area (Å²) >= 11 is 3.23. The number of hydrogen-bond acceptors (Lipinski definition) is 7. The second-order valence-electron chi connectivity index (χ2n) is 8.21. The zero-order valence-corrected chi connectivity index (χ0v) is 20.6. The molecule has 0 aliphatic carbocycles. The van der Waals surface area contributed by atoms with Crippen molar-refractivity contribution in [1.82, 2.24) is 14.9 Å². The summed E-state index contributed by atoms with van der Waals surface area (Å²) in [6.45, 7) is 3.50. The van der Waals surface area contributed by atoms with E-state index in [1.54, 1.807) is 24.7 Å². The molecular formula is C26H25N3O3S2. The molecule has 0 fully saturated rings. The van der Waals surface area contributed by atoms with Crippen LogP contribution in [0.3, 0.4) is 0 Å². The predicted octanol–water partition coefficient (Wildman–Crippen LogP) is 5.95. The normalized spacial score (nSPS) is 12.4. The van der Waals surface area contributed by atoms with Gasteiger partial charge in [0.2, 0.25) is 0 Å². The van der Waals surface area contributed by atoms with E-state index in [2.05, 4.69) is 46.5 Å². The van der Waals surface area contributed by atoms with Crippen LogP contribution in [0.2, 0.25) is 0 Å². The summed E-state index contributed by atoms with van der Waals surface area (Å²) < 4.78 is 10.8. The molecule has 0 aliphatic heterocycles. The van der Waals surface area contributed by atoms with Crippen LogP contribution in [0.15, 0.2) is 74.8 Å². The molecule has 5 rings (SSSR count). The van der Waals surface area contributed by atoms with Crippen LogP contribution in [0, 0.1) is 0 Å². The van der Waals surface area contributed by atoms with Crippen LogP contribution in [0.25, 0.3) is 21.5 Å². The Balaban J connectivity index is 1.44. The van der Waals surface area contributed by atoms with E-state index < -0.39 is 0 Å². The third kappa shape index (κ3) is 4.84. The maximum absolute atomic E-state index is 13.1. The molecule has 0 spiro atoms. The standard InChI is InChI=1S/C26H25N3O3S2/c1-17(13-20-5-4-12-33-20)29(14-18-7-9-19(31-2)10-8-18)15-23-27-25(30)24-21(16-34-26(24)28-23)22-6-3-11-32-22/h3-12,16-17H,13-15H2,1-2H3,(H,27,28,30). The van der Waals surface area contributed by atoms with E-state index in [1.165, 1.54) is 21.8 Å². The maximum Gasteiger partial charge on any atom is 0.260 e. The number of ether oxygens (including phenoxy) is 1. The Hall–Kier alpha value is -3.20. The number of methoxy groups -OCH3 is 1. The zero-order chi connectivity index (χ0) is 23.5. The summed E-state index contributed by atoms with van der Waals surface area (Å²) in [6, 6.07) is 16.3. The average Bonchev–Trinajstić information content (AvgIpc) is 3.61. The van der Waals surface area contributed by atoms with Crippen molar-refractivity contribution in [2.45, 2.75) is 32.5 Å². The van der Waals surface area contributed by atoms with Crippen molar-refractivity contribution >= 4 is 32.9 Å². The molecule has 4 heterocycles. The molecule has 174 valence electrons. The molecule has 4 aromatic heterocycles. The molecule has 0 saturated heterocycles. The molecule has 5 aromatic rings. The summed E-state index contributed by atoms with van der Waals surface area (Å²) in [4.78, 5) is 25.3. The summed E-state index contributed by atoms with van der Waals surface area (Å²) in [5.74, 6) is 2.18. The topological polar surface area (TPSA) is 71.4 Å². The highest BCUT2D eigenvalue weighted by atomic mass is 32.1. The van der Waals surface area contributed by atoms with Crippen LogP contribution >= 0.6 is 22.7 Å². The number of hydrogen-bond donors (Lipinski definition) is 1. The minimum absolute atomic E-state index is 0.136. The highest BCUT2D eigenvalue weighted by molar-refractivity contribution is 7.17. The lowest BCUT2D eigenvalue weighted by atomic mass is 10.1. The Morgan fingerprint density at radius 2 is 1.97 bits per heavy atom. The number of aromatic nitrogens is 2. The minimum Gasteiger partial charge on any atom is -0.497 e. The second kappa shape index (κ2) is 9.97.